The van der Waals surface area contributed by atoms with Crippen molar-refractivity contribution in [1.29, 1.82) is 0 Å². The van der Waals surface area contributed by atoms with E-state index in [4.69, 9.17) is 33.7 Å². The highest BCUT2D eigenvalue weighted by Gasteiger charge is 2.32. The van der Waals surface area contributed by atoms with Gasteiger partial charge in [-0.05, 0) is 31.0 Å². The van der Waals surface area contributed by atoms with Crippen LogP contribution in [0.2, 0.25) is 10.0 Å². The van der Waals surface area contributed by atoms with E-state index in [1.54, 1.807) is 30.2 Å². The van der Waals surface area contributed by atoms with E-state index in [1.165, 1.54) is 0 Å². The molecule has 0 bridgehead atoms. The minimum atomic E-state index is -0.100. The lowest BCUT2D eigenvalue weighted by Crippen LogP contribution is -2.51. The number of nitrogens with two attached hydrogens (primary N) is 1. The van der Waals surface area contributed by atoms with Gasteiger partial charge in [0.15, 0.2) is 0 Å². The lowest BCUT2D eigenvalue weighted by atomic mass is 9.98. The Morgan fingerprint density at radius 3 is 2.85 bits per heavy atom. The number of rotatable bonds is 3. The number of halogens is 2. The molecule has 1 aliphatic rings. The number of likely N-dealkylation sites (tertiary alicyclic amines) is 1. The molecule has 6 heteroatoms. The molecular formula is C14H18Cl2N2O2. The molecule has 2 N–H and O–H groups in total. The van der Waals surface area contributed by atoms with Crippen molar-refractivity contribution in [1.82, 2.24) is 4.90 Å². The molecule has 1 aromatic carbocycles. The van der Waals surface area contributed by atoms with Gasteiger partial charge in [-0.1, -0.05) is 23.2 Å². The van der Waals surface area contributed by atoms with E-state index in [2.05, 4.69) is 0 Å². The van der Waals surface area contributed by atoms with Gasteiger partial charge in [-0.15, -0.1) is 0 Å². The smallest absolute Gasteiger partial charge is 0.255 e. The van der Waals surface area contributed by atoms with Crippen molar-refractivity contribution < 1.29 is 9.53 Å². The van der Waals surface area contributed by atoms with Crippen molar-refractivity contribution in [2.45, 2.75) is 25.0 Å². The molecule has 1 saturated heterocycles. The van der Waals surface area contributed by atoms with Crippen LogP contribution in [-0.2, 0) is 4.74 Å². The van der Waals surface area contributed by atoms with Crippen LogP contribution >= 0.6 is 23.2 Å². The Morgan fingerprint density at radius 2 is 2.25 bits per heavy atom. The summed E-state index contributed by atoms with van der Waals surface area (Å²) in [5.41, 5.74) is 6.25. The monoisotopic (exact) mass is 316 g/mol. The summed E-state index contributed by atoms with van der Waals surface area (Å²) in [5, 5.41) is 0.882. The van der Waals surface area contributed by atoms with Crippen LogP contribution in [0.25, 0.3) is 0 Å². The number of hydrogen-bond donors (Lipinski definition) is 1. The van der Waals surface area contributed by atoms with E-state index in [-0.39, 0.29) is 18.1 Å². The maximum atomic E-state index is 12.6. The van der Waals surface area contributed by atoms with Crippen LogP contribution in [0.1, 0.15) is 23.2 Å². The summed E-state index contributed by atoms with van der Waals surface area (Å²) in [5.74, 6) is -0.100. The fourth-order valence-electron chi connectivity index (χ4n) is 2.54. The molecule has 2 unspecified atom stereocenters. The summed E-state index contributed by atoms with van der Waals surface area (Å²) in [6, 6.07) is 4.88. The number of carbonyl (C=O) groups is 1. The average Bonchev–Trinajstić information content (AvgIpc) is 2.46. The number of hydrogen-bond acceptors (Lipinski definition) is 3. The zero-order valence-electron chi connectivity index (χ0n) is 11.3. The lowest BCUT2D eigenvalue weighted by molar-refractivity contribution is 0.0139. The molecule has 0 aliphatic carbocycles. The van der Waals surface area contributed by atoms with Gasteiger partial charge >= 0.3 is 0 Å². The van der Waals surface area contributed by atoms with Gasteiger partial charge in [0.2, 0.25) is 0 Å². The zero-order valence-corrected chi connectivity index (χ0v) is 12.8. The van der Waals surface area contributed by atoms with Crippen LogP contribution in [0.15, 0.2) is 18.2 Å². The molecular weight excluding hydrogens is 299 g/mol. The molecule has 0 spiro atoms. The van der Waals surface area contributed by atoms with Crippen molar-refractivity contribution >= 4 is 29.1 Å². The Balaban J connectivity index is 2.19. The van der Waals surface area contributed by atoms with E-state index in [0.29, 0.717) is 28.7 Å². The molecule has 2 rings (SSSR count). The van der Waals surface area contributed by atoms with E-state index in [9.17, 15) is 4.79 Å². The Bertz CT molecular complexity index is 496. The topological polar surface area (TPSA) is 55.6 Å². The zero-order chi connectivity index (χ0) is 14.7. The number of nitrogens with zero attached hydrogens (tertiary/aromatic N) is 1. The predicted molar refractivity (Wildman–Crippen MR) is 80.4 cm³/mol. The van der Waals surface area contributed by atoms with Gasteiger partial charge in [0.1, 0.15) is 0 Å². The van der Waals surface area contributed by atoms with Crippen LogP contribution in [-0.4, -0.2) is 43.2 Å². The summed E-state index contributed by atoms with van der Waals surface area (Å²) in [6.45, 7) is 1.04. The molecule has 1 amide bonds. The third kappa shape index (κ3) is 3.26. The number of ether oxygens (including phenoxy) is 1. The number of carbonyl (C=O) groups excluding carboxylic acids is 1. The number of methoxy groups -OCH3 is 1. The number of amides is 1. The first-order chi connectivity index (χ1) is 9.56. The number of piperidine rings is 1. The summed E-state index contributed by atoms with van der Waals surface area (Å²) in [6.07, 6.45) is 1.72. The van der Waals surface area contributed by atoms with Crippen LogP contribution < -0.4 is 5.73 Å². The summed E-state index contributed by atoms with van der Waals surface area (Å²) in [7, 11) is 1.69. The summed E-state index contributed by atoms with van der Waals surface area (Å²) >= 11 is 12.0. The Morgan fingerprint density at radius 1 is 1.50 bits per heavy atom. The SMILES string of the molecule is COC1CCN(C(=O)c2ccc(Cl)cc2Cl)C(CN)C1. The van der Waals surface area contributed by atoms with Gasteiger partial charge in [-0.2, -0.15) is 0 Å². The highest BCUT2D eigenvalue weighted by molar-refractivity contribution is 6.36. The Hall–Kier alpha value is -0.810. The molecule has 2 atom stereocenters. The molecule has 0 radical (unpaired) electrons. The highest BCUT2D eigenvalue weighted by Crippen LogP contribution is 2.26. The second-order valence-corrected chi connectivity index (χ2v) is 5.74. The molecule has 110 valence electrons. The van der Waals surface area contributed by atoms with Gasteiger partial charge in [0.05, 0.1) is 16.7 Å². The molecule has 1 heterocycles. The first-order valence-electron chi connectivity index (χ1n) is 6.55. The molecule has 1 aliphatic heterocycles. The van der Waals surface area contributed by atoms with Crippen LogP contribution in [0, 0.1) is 0 Å². The van der Waals surface area contributed by atoms with Gasteiger partial charge in [0, 0.05) is 31.3 Å². The molecule has 1 aromatic rings. The largest absolute Gasteiger partial charge is 0.381 e. The van der Waals surface area contributed by atoms with Crippen molar-refractivity contribution in [3.63, 3.8) is 0 Å². The second-order valence-electron chi connectivity index (χ2n) is 4.89. The quantitative estimate of drug-likeness (QED) is 0.932. The van der Waals surface area contributed by atoms with Gasteiger partial charge in [-0.3, -0.25) is 4.79 Å². The molecule has 4 nitrogen and oxygen atoms in total. The fraction of sp³-hybridized carbons (Fsp3) is 0.500. The maximum absolute atomic E-state index is 12.6. The van der Waals surface area contributed by atoms with E-state index in [1.807, 2.05) is 0 Å². The van der Waals surface area contributed by atoms with Crippen LogP contribution in [0.4, 0.5) is 0 Å². The van der Waals surface area contributed by atoms with Gasteiger partial charge in [0.25, 0.3) is 5.91 Å². The Labute approximate surface area is 128 Å². The minimum absolute atomic E-state index is 0.0204. The van der Waals surface area contributed by atoms with Crippen molar-refractivity contribution in [2.24, 2.45) is 5.73 Å². The Kier molecular flexibility index (Phi) is 5.27. The van der Waals surface area contributed by atoms with Gasteiger partial charge < -0.3 is 15.4 Å². The van der Waals surface area contributed by atoms with Crippen molar-refractivity contribution in [2.75, 3.05) is 20.2 Å². The van der Waals surface area contributed by atoms with Crippen LogP contribution in [0.5, 0.6) is 0 Å². The van der Waals surface area contributed by atoms with E-state index < -0.39 is 0 Å². The standard InChI is InChI=1S/C14H18Cl2N2O2/c1-20-11-4-5-18(10(7-11)8-17)14(19)12-3-2-9(15)6-13(12)16/h2-3,6,10-11H,4-5,7-8,17H2,1H3. The second kappa shape index (κ2) is 6.76. The molecule has 20 heavy (non-hydrogen) atoms. The predicted octanol–water partition coefficient (Wildman–Crippen LogP) is 2.57. The van der Waals surface area contributed by atoms with E-state index >= 15 is 0 Å². The molecule has 0 saturated carbocycles. The molecule has 0 aromatic heterocycles. The highest BCUT2D eigenvalue weighted by atomic mass is 35.5. The van der Waals surface area contributed by atoms with E-state index in [0.717, 1.165) is 12.8 Å². The fourth-order valence-corrected chi connectivity index (χ4v) is 3.03. The summed E-state index contributed by atoms with van der Waals surface area (Å²) in [4.78, 5) is 14.4. The van der Waals surface area contributed by atoms with Crippen molar-refractivity contribution in [3.05, 3.63) is 33.8 Å². The number of benzene rings is 1. The third-order valence-electron chi connectivity index (χ3n) is 3.70. The first kappa shape index (κ1) is 15.6. The normalized spacial score (nSPS) is 22.9. The maximum Gasteiger partial charge on any atom is 0.255 e. The van der Waals surface area contributed by atoms with Crippen LogP contribution in [0.3, 0.4) is 0 Å². The van der Waals surface area contributed by atoms with Gasteiger partial charge in [-0.25, -0.2) is 0 Å². The molecule has 1 fully saturated rings. The minimum Gasteiger partial charge on any atom is -0.381 e. The third-order valence-corrected chi connectivity index (χ3v) is 4.24. The van der Waals surface area contributed by atoms with Crippen molar-refractivity contribution in [3.8, 4) is 0 Å². The average molecular weight is 317 g/mol. The lowest BCUT2D eigenvalue weighted by Gasteiger charge is -2.38. The summed E-state index contributed by atoms with van der Waals surface area (Å²) < 4.78 is 5.36. The first-order valence-corrected chi connectivity index (χ1v) is 7.31.